The minimum Gasteiger partial charge on any atom is -0.350 e. The first-order chi connectivity index (χ1) is 6.38. The zero-order chi connectivity index (χ0) is 9.10. The van der Waals surface area contributed by atoms with E-state index in [4.69, 9.17) is 0 Å². The molecule has 1 aromatic heterocycles. The number of aromatic nitrogens is 1. The average molecular weight is 179 g/mol. The van der Waals surface area contributed by atoms with Crippen molar-refractivity contribution >= 4 is 0 Å². The first-order valence-electron chi connectivity index (χ1n) is 5.32. The van der Waals surface area contributed by atoms with E-state index in [2.05, 4.69) is 35.3 Å². The maximum absolute atomic E-state index is 2.50. The molecule has 72 valence electrons. The Morgan fingerprint density at radius 2 is 2.31 bits per heavy atom. The predicted octanol–water partition coefficient (Wildman–Crippen LogP) is 1.20. The molecular weight excluding hydrogens is 160 g/mol. The van der Waals surface area contributed by atoms with Crippen LogP contribution in [-0.2, 0) is 7.05 Å². The van der Waals surface area contributed by atoms with Gasteiger partial charge in [-0.3, -0.25) is 0 Å². The van der Waals surface area contributed by atoms with Crippen molar-refractivity contribution in [1.82, 2.24) is 4.57 Å². The molecule has 13 heavy (non-hydrogen) atoms. The van der Waals surface area contributed by atoms with Crippen LogP contribution in [0.1, 0.15) is 37.4 Å². The summed E-state index contributed by atoms with van der Waals surface area (Å²) in [5.41, 5.74) is 1.49. The molecule has 0 aliphatic carbocycles. The second-order valence-electron chi connectivity index (χ2n) is 4.02. The molecule has 0 aromatic carbocycles. The summed E-state index contributed by atoms with van der Waals surface area (Å²) < 4.78 is 2.26. The Morgan fingerprint density at radius 1 is 1.38 bits per heavy atom. The van der Waals surface area contributed by atoms with Crippen LogP contribution >= 0.6 is 0 Å². The molecule has 1 saturated heterocycles. The van der Waals surface area contributed by atoms with Crippen molar-refractivity contribution in [2.24, 2.45) is 7.05 Å². The highest BCUT2D eigenvalue weighted by Crippen LogP contribution is 2.17. The van der Waals surface area contributed by atoms with Gasteiger partial charge in [0.1, 0.15) is 6.04 Å². The van der Waals surface area contributed by atoms with Crippen LogP contribution in [-0.4, -0.2) is 11.1 Å². The maximum Gasteiger partial charge on any atom is 0.127 e. The van der Waals surface area contributed by atoms with E-state index in [9.17, 15) is 0 Å². The molecule has 1 fully saturated rings. The quantitative estimate of drug-likeness (QED) is 0.669. The van der Waals surface area contributed by atoms with Crippen LogP contribution in [0, 0.1) is 0 Å². The van der Waals surface area contributed by atoms with E-state index < -0.39 is 0 Å². The Kier molecular flexibility index (Phi) is 2.69. The van der Waals surface area contributed by atoms with E-state index >= 15 is 0 Å². The third-order valence-corrected chi connectivity index (χ3v) is 3.03. The number of aryl methyl sites for hydroxylation is 1. The molecule has 1 aliphatic rings. The lowest BCUT2D eigenvalue weighted by Gasteiger charge is -2.13. The number of quaternary nitrogens is 1. The van der Waals surface area contributed by atoms with Crippen molar-refractivity contribution in [1.29, 1.82) is 0 Å². The largest absolute Gasteiger partial charge is 0.350 e. The summed E-state index contributed by atoms with van der Waals surface area (Å²) in [5.74, 6) is 0. The average Bonchev–Trinajstić information content (AvgIpc) is 2.43. The molecule has 1 atom stereocenters. The number of hydrogen-bond acceptors (Lipinski definition) is 0. The lowest BCUT2D eigenvalue weighted by molar-refractivity contribution is -0.695. The van der Waals surface area contributed by atoms with Gasteiger partial charge in [-0.2, -0.15) is 0 Å². The molecule has 0 spiro atoms. The molecule has 2 heteroatoms. The van der Waals surface area contributed by atoms with Crippen molar-refractivity contribution in [2.75, 3.05) is 6.54 Å². The minimum atomic E-state index is 0.711. The zero-order valence-corrected chi connectivity index (χ0v) is 8.37. The molecule has 0 unspecified atom stereocenters. The first-order valence-corrected chi connectivity index (χ1v) is 5.32. The molecule has 0 bridgehead atoms. The number of rotatable bonds is 1. The van der Waals surface area contributed by atoms with Gasteiger partial charge in [0.2, 0.25) is 0 Å². The van der Waals surface area contributed by atoms with Crippen LogP contribution in [0.5, 0.6) is 0 Å². The molecule has 2 heterocycles. The number of hydrogen-bond donors (Lipinski definition) is 1. The summed E-state index contributed by atoms with van der Waals surface area (Å²) in [7, 11) is 2.15. The van der Waals surface area contributed by atoms with E-state index in [-0.39, 0.29) is 0 Å². The van der Waals surface area contributed by atoms with Crippen LogP contribution in [0.15, 0.2) is 18.3 Å². The van der Waals surface area contributed by atoms with E-state index in [1.54, 1.807) is 0 Å². The van der Waals surface area contributed by atoms with Gasteiger partial charge < -0.3 is 9.88 Å². The lowest BCUT2D eigenvalue weighted by atomic mass is 10.1. The van der Waals surface area contributed by atoms with Crippen LogP contribution in [0.25, 0.3) is 0 Å². The van der Waals surface area contributed by atoms with Crippen LogP contribution in [0.4, 0.5) is 0 Å². The van der Waals surface area contributed by atoms with Gasteiger partial charge in [-0.15, -0.1) is 0 Å². The SMILES string of the molecule is Cn1cccc1[C@H]1CCCCC[NH2+]1. The van der Waals surface area contributed by atoms with Gasteiger partial charge in [0.05, 0.1) is 12.2 Å². The molecule has 2 nitrogen and oxygen atoms in total. The van der Waals surface area contributed by atoms with Crippen LogP contribution in [0.2, 0.25) is 0 Å². The van der Waals surface area contributed by atoms with E-state index in [1.807, 2.05) is 0 Å². The highest BCUT2D eigenvalue weighted by Gasteiger charge is 2.18. The van der Waals surface area contributed by atoms with Crippen molar-refractivity contribution in [2.45, 2.75) is 31.7 Å². The fraction of sp³-hybridized carbons (Fsp3) is 0.636. The minimum absolute atomic E-state index is 0.711. The van der Waals surface area contributed by atoms with Gasteiger partial charge in [-0.1, -0.05) is 0 Å². The van der Waals surface area contributed by atoms with Crippen LogP contribution in [0.3, 0.4) is 0 Å². The Labute approximate surface area is 79.9 Å². The first kappa shape index (κ1) is 8.82. The third-order valence-electron chi connectivity index (χ3n) is 3.03. The van der Waals surface area contributed by atoms with E-state index in [0.29, 0.717) is 6.04 Å². The molecular formula is C11H19N2+. The van der Waals surface area contributed by atoms with Gasteiger partial charge in [0.25, 0.3) is 0 Å². The highest BCUT2D eigenvalue weighted by atomic mass is 15.0. The van der Waals surface area contributed by atoms with Crippen LogP contribution < -0.4 is 5.32 Å². The maximum atomic E-state index is 2.50. The molecule has 0 radical (unpaired) electrons. The van der Waals surface area contributed by atoms with Gasteiger partial charge in [-0.25, -0.2) is 0 Å². The summed E-state index contributed by atoms with van der Waals surface area (Å²) >= 11 is 0. The topological polar surface area (TPSA) is 21.5 Å². The van der Waals surface area contributed by atoms with Gasteiger partial charge in [0, 0.05) is 19.7 Å². The second-order valence-corrected chi connectivity index (χ2v) is 4.02. The van der Waals surface area contributed by atoms with Crippen molar-refractivity contribution in [3.63, 3.8) is 0 Å². The fourth-order valence-corrected chi connectivity index (χ4v) is 2.25. The fourth-order valence-electron chi connectivity index (χ4n) is 2.25. The van der Waals surface area contributed by atoms with Gasteiger partial charge >= 0.3 is 0 Å². The monoisotopic (exact) mass is 179 g/mol. The molecule has 1 aromatic rings. The smallest absolute Gasteiger partial charge is 0.127 e. The number of nitrogens with zero attached hydrogens (tertiary/aromatic N) is 1. The summed E-state index contributed by atoms with van der Waals surface area (Å²) in [5, 5.41) is 2.50. The van der Waals surface area contributed by atoms with E-state index in [0.717, 1.165) is 0 Å². The number of nitrogens with two attached hydrogens (primary N) is 1. The predicted molar refractivity (Wildman–Crippen MR) is 53.4 cm³/mol. The molecule has 2 rings (SSSR count). The van der Waals surface area contributed by atoms with E-state index in [1.165, 1.54) is 37.9 Å². The summed E-state index contributed by atoms with van der Waals surface area (Å²) in [6.07, 6.45) is 7.69. The summed E-state index contributed by atoms with van der Waals surface area (Å²) in [6, 6.07) is 5.11. The molecule has 0 saturated carbocycles. The summed E-state index contributed by atoms with van der Waals surface area (Å²) in [6.45, 7) is 1.30. The Hall–Kier alpha value is -0.760. The normalized spacial score (nSPS) is 24.2. The van der Waals surface area contributed by atoms with Crippen molar-refractivity contribution in [3.05, 3.63) is 24.0 Å². The standard InChI is InChI=1S/C11H18N2/c1-13-9-5-7-11(13)10-6-3-2-4-8-12-10/h5,7,9-10,12H,2-4,6,8H2,1H3/p+1/t10-/m1/s1. The Balaban J connectivity index is 2.10. The molecule has 0 amide bonds. The Morgan fingerprint density at radius 3 is 3.08 bits per heavy atom. The molecule has 2 N–H and O–H groups in total. The third kappa shape index (κ3) is 1.94. The molecule has 1 aliphatic heterocycles. The van der Waals surface area contributed by atoms with Gasteiger partial charge in [0.15, 0.2) is 0 Å². The Bertz CT molecular complexity index is 257. The highest BCUT2D eigenvalue weighted by molar-refractivity contribution is 5.09. The van der Waals surface area contributed by atoms with Crippen molar-refractivity contribution < 1.29 is 5.32 Å². The summed E-state index contributed by atoms with van der Waals surface area (Å²) in [4.78, 5) is 0. The zero-order valence-electron chi connectivity index (χ0n) is 8.37. The van der Waals surface area contributed by atoms with Crippen molar-refractivity contribution in [3.8, 4) is 0 Å². The second kappa shape index (κ2) is 3.97. The van der Waals surface area contributed by atoms with Gasteiger partial charge in [-0.05, 0) is 31.4 Å². The lowest BCUT2D eigenvalue weighted by Crippen LogP contribution is -2.85.